The van der Waals surface area contributed by atoms with Crippen molar-refractivity contribution >= 4 is 54.4 Å². The van der Waals surface area contributed by atoms with Crippen LogP contribution in [0.15, 0.2) is 152 Å². The SMILES string of the molecule is N#Cc1ccc2c3cc(-c4ccc(-c5cc6cc7ccccc7nc6c6ccccc56)cc4)ccc3n(-c3ccccc3)c2c1. The summed E-state index contributed by atoms with van der Waals surface area (Å²) in [7, 11) is 0. The molecule has 0 amide bonds. The van der Waals surface area contributed by atoms with Gasteiger partial charge in [0.05, 0.1) is 33.7 Å². The second-order valence-corrected chi connectivity index (χ2v) is 11.5. The number of nitrogens with zero attached hydrogens (tertiary/aromatic N) is 3. The van der Waals surface area contributed by atoms with E-state index in [1.165, 1.54) is 27.3 Å². The molecule has 0 unspecified atom stereocenters. The fraction of sp³-hybridized carbons (Fsp3) is 0. The van der Waals surface area contributed by atoms with Crippen molar-refractivity contribution in [1.29, 1.82) is 5.26 Å². The van der Waals surface area contributed by atoms with Crippen LogP contribution in [-0.4, -0.2) is 9.55 Å². The van der Waals surface area contributed by atoms with Gasteiger partial charge >= 0.3 is 0 Å². The van der Waals surface area contributed by atoms with Crippen molar-refractivity contribution in [3.05, 3.63) is 157 Å². The van der Waals surface area contributed by atoms with Gasteiger partial charge in [0.2, 0.25) is 0 Å². The summed E-state index contributed by atoms with van der Waals surface area (Å²) < 4.78 is 2.25. The summed E-state index contributed by atoms with van der Waals surface area (Å²) in [4.78, 5) is 5.05. The van der Waals surface area contributed by atoms with E-state index in [-0.39, 0.29) is 0 Å². The first-order valence-electron chi connectivity index (χ1n) is 15.1. The van der Waals surface area contributed by atoms with Crippen LogP contribution in [0.1, 0.15) is 5.56 Å². The highest BCUT2D eigenvalue weighted by molar-refractivity contribution is 6.14. The van der Waals surface area contributed by atoms with Crippen LogP contribution in [-0.2, 0) is 0 Å². The van der Waals surface area contributed by atoms with E-state index in [1.807, 2.05) is 24.3 Å². The topological polar surface area (TPSA) is 41.6 Å². The summed E-state index contributed by atoms with van der Waals surface area (Å²) in [5.41, 5.74) is 10.6. The maximum absolute atomic E-state index is 9.62. The molecule has 0 atom stereocenters. The zero-order valence-electron chi connectivity index (χ0n) is 24.3. The van der Waals surface area contributed by atoms with E-state index in [0.717, 1.165) is 55.0 Å². The van der Waals surface area contributed by atoms with Gasteiger partial charge in [-0.05, 0) is 82.2 Å². The molecule has 0 bridgehead atoms. The number of fused-ring (bicyclic) bond motifs is 7. The number of nitriles is 1. The van der Waals surface area contributed by atoms with Gasteiger partial charge in [-0.15, -0.1) is 0 Å². The maximum atomic E-state index is 9.62. The molecule has 0 aliphatic carbocycles. The largest absolute Gasteiger partial charge is 0.309 e. The van der Waals surface area contributed by atoms with Gasteiger partial charge in [-0.3, -0.25) is 0 Å². The quantitative estimate of drug-likeness (QED) is 0.156. The van der Waals surface area contributed by atoms with Gasteiger partial charge in [0.25, 0.3) is 0 Å². The minimum Gasteiger partial charge on any atom is -0.309 e. The lowest BCUT2D eigenvalue weighted by molar-refractivity contribution is 1.18. The van der Waals surface area contributed by atoms with Crippen LogP contribution < -0.4 is 0 Å². The van der Waals surface area contributed by atoms with E-state index < -0.39 is 0 Å². The second-order valence-electron chi connectivity index (χ2n) is 11.5. The van der Waals surface area contributed by atoms with E-state index in [9.17, 15) is 5.26 Å². The van der Waals surface area contributed by atoms with Crippen molar-refractivity contribution in [2.45, 2.75) is 0 Å². The Balaban J connectivity index is 1.18. The molecule has 208 valence electrons. The third kappa shape index (κ3) is 4.01. The van der Waals surface area contributed by atoms with Gasteiger partial charge < -0.3 is 4.57 Å². The highest BCUT2D eigenvalue weighted by Gasteiger charge is 2.15. The fourth-order valence-corrected chi connectivity index (χ4v) is 6.82. The molecule has 3 nitrogen and oxygen atoms in total. The molecule has 0 fully saturated rings. The van der Waals surface area contributed by atoms with Gasteiger partial charge in [0.1, 0.15) is 0 Å². The summed E-state index contributed by atoms with van der Waals surface area (Å²) >= 11 is 0. The minimum atomic E-state index is 0.656. The van der Waals surface area contributed by atoms with Crippen molar-refractivity contribution in [2.75, 3.05) is 0 Å². The van der Waals surface area contributed by atoms with Gasteiger partial charge in [-0.2, -0.15) is 5.26 Å². The Kier molecular flexibility index (Phi) is 5.57. The maximum Gasteiger partial charge on any atom is 0.0992 e. The molecule has 3 heteroatoms. The molecule has 9 rings (SSSR count). The van der Waals surface area contributed by atoms with E-state index >= 15 is 0 Å². The van der Waals surface area contributed by atoms with Crippen molar-refractivity contribution in [1.82, 2.24) is 9.55 Å². The van der Waals surface area contributed by atoms with Crippen molar-refractivity contribution in [3.63, 3.8) is 0 Å². The Morgan fingerprint density at radius 3 is 2.07 bits per heavy atom. The van der Waals surface area contributed by atoms with E-state index in [1.54, 1.807) is 0 Å². The minimum absolute atomic E-state index is 0.656. The molecule has 0 aliphatic heterocycles. The summed E-state index contributed by atoms with van der Waals surface area (Å²) in [6, 6.07) is 55.6. The van der Waals surface area contributed by atoms with Gasteiger partial charge in [-0.1, -0.05) is 97.1 Å². The first-order valence-corrected chi connectivity index (χ1v) is 15.1. The van der Waals surface area contributed by atoms with Crippen molar-refractivity contribution < 1.29 is 0 Å². The normalized spacial score (nSPS) is 11.5. The molecule has 45 heavy (non-hydrogen) atoms. The summed E-state index contributed by atoms with van der Waals surface area (Å²) in [6.45, 7) is 0. The molecule has 0 N–H and O–H groups in total. The number of hydrogen-bond donors (Lipinski definition) is 0. The van der Waals surface area contributed by atoms with Crippen LogP contribution in [0.2, 0.25) is 0 Å². The van der Waals surface area contributed by atoms with Crippen LogP contribution in [0.4, 0.5) is 0 Å². The Bertz CT molecular complexity index is 2640. The smallest absolute Gasteiger partial charge is 0.0992 e. The molecule has 2 heterocycles. The molecule has 0 saturated carbocycles. The lowest BCUT2D eigenvalue weighted by Crippen LogP contribution is -1.93. The van der Waals surface area contributed by atoms with E-state index in [0.29, 0.717) is 5.56 Å². The van der Waals surface area contributed by atoms with Gasteiger partial charge in [0.15, 0.2) is 0 Å². The van der Waals surface area contributed by atoms with Crippen molar-refractivity contribution in [2.24, 2.45) is 0 Å². The third-order valence-corrected chi connectivity index (χ3v) is 8.96. The zero-order chi connectivity index (χ0) is 29.9. The number of pyridine rings is 1. The molecule has 7 aromatic carbocycles. The highest BCUT2D eigenvalue weighted by atomic mass is 15.0. The summed E-state index contributed by atoms with van der Waals surface area (Å²) in [5, 5.41) is 16.6. The number of hydrogen-bond acceptors (Lipinski definition) is 2. The molecular weight excluding hydrogens is 546 g/mol. The van der Waals surface area contributed by atoms with Crippen LogP contribution in [0.25, 0.3) is 82.3 Å². The molecule has 2 aromatic heterocycles. The Morgan fingerprint density at radius 1 is 0.489 bits per heavy atom. The van der Waals surface area contributed by atoms with Gasteiger partial charge in [-0.25, -0.2) is 4.98 Å². The van der Waals surface area contributed by atoms with E-state index in [4.69, 9.17) is 4.98 Å². The Morgan fingerprint density at radius 2 is 1.22 bits per heavy atom. The first kappa shape index (κ1) is 25.3. The Hall–Kier alpha value is -6.24. The highest BCUT2D eigenvalue weighted by Crippen LogP contribution is 2.38. The van der Waals surface area contributed by atoms with Crippen LogP contribution in [0.5, 0.6) is 0 Å². The lowest BCUT2D eigenvalue weighted by Gasteiger charge is -2.12. The number of rotatable bonds is 3. The number of aromatic nitrogens is 2. The van der Waals surface area contributed by atoms with Crippen molar-refractivity contribution in [3.8, 4) is 34.0 Å². The monoisotopic (exact) mass is 571 g/mol. The molecule has 0 saturated heterocycles. The third-order valence-electron chi connectivity index (χ3n) is 8.96. The van der Waals surface area contributed by atoms with Crippen LogP contribution >= 0.6 is 0 Å². The average Bonchev–Trinajstić information content (AvgIpc) is 3.43. The van der Waals surface area contributed by atoms with Gasteiger partial charge in [0, 0.05) is 32.6 Å². The predicted molar refractivity (Wildman–Crippen MR) is 187 cm³/mol. The van der Waals surface area contributed by atoms with Crippen LogP contribution in [0, 0.1) is 11.3 Å². The first-order chi connectivity index (χ1) is 22.2. The number of para-hydroxylation sites is 2. The predicted octanol–water partition coefficient (Wildman–Crippen LogP) is 10.8. The summed E-state index contributed by atoms with van der Waals surface area (Å²) in [5.74, 6) is 0. The second kappa shape index (κ2) is 9.91. The molecule has 0 radical (unpaired) electrons. The standard InChI is InChI=1S/C42H25N3/c43-26-27-14-20-35-38-24-30(19-21-40(38)45(41(35)22-27)33-9-2-1-3-10-33)28-15-17-29(18-16-28)37-25-32-23-31-8-4-7-13-39(31)44-42(32)36-12-6-5-11-34(36)37/h1-25H. The molecule has 0 aliphatic rings. The Labute approximate surface area is 259 Å². The number of benzene rings is 7. The lowest BCUT2D eigenvalue weighted by atomic mass is 9.93. The van der Waals surface area contributed by atoms with Crippen LogP contribution in [0.3, 0.4) is 0 Å². The molecule has 9 aromatic rings. The molecule has 0 spiro atoms. The molecular formula is C42H25N3. The fourth-order valence-electron chi connectivity index (χ4n) is 6.82. The summed E-state index contributed by atoms with van der Waals surface area (Å²) in [6.07, 6.45) is 0. The van der Waals surface area contributed by atoms with E-state index in [2.05, 4.69) is 138 Å². The zero-order valence-corrected chi connectivity index (χ0v) is 24.3. The average molecular weight is 572 g/mol.